The Kier molecular flexibility index (Phi) is 16.5. The van der Waals surface area contributed by atoms with Crippen molar-refractivity contribution in [3.63, 3.8) is 0 Å². The molecule has 10 heteroatoms. The minimum absolute atomic E-state index is 0.305. The maximum Gasteiger partial charge on any atom is 0.327 e. The minimum Gasteiger partial charge on any atom is -0.484 e. The average molecular weight is 889 g/mol. The number of benzene rings is 6. The molecule has 63 heavy (non-hydrogen) atoms. The van der Waals surface area contributed by atoms with Crippen LogP contribution < -0.4 is 4.74 Å². The van der Waals surface area contributed by atoms with E-state index in [1.165, 1.54) is 22.3 Å². The molecule has 0 fully saturated rings. The van der Waals surface area contributed by atoms with Crippen molar-refractivity contribution >= 4 is 17.2 Å². The summed E-state index contributed by atoms with van der Waals surface area (Å²) in [7, 11) is -5.77. The molecule has 0 spiro atoms. The molecule has 0 amide bonds. The quantitative estimate of drug-likeness (QED) is 0.0509. The van der Waals surface area contributed by atoms with Crippen molar-refractivity contribution in [2.45, 2.75) is 85.2 Å². The average Bonchev–Trinajstić information content (AvgIpc) is 3.28. The predicted octanol–water partition coefficient (Wildman–Crippen LogP) is 13.4. The number of aliphatic hydroxyl groups is 1. The molecule has 0 aliphatic rings. The summed E-state index contributed by atoms with van der Waals surface area (Å²) in [6.07, 6.45) is -1.12. The van der Waals surface area contributed by atoms with Crippen molar-refractivity contribution in [1.82, 2.24) is 0 Å². The predicted molar refractivity (Wildman–Crippen MR) is 258 cm³/mol. The molecule has 1 atom stereocenters. The van der Waals surface area contributed by atoms with Crippen molar-refractivity contribution < 1.29 is 38.5 Å². The molecule has 0 aliphatic carbocycles. The molecule has 6 rings (SSSR count). The van der Waals surface area contributed by atoms with Gasteiger partial charge in [-0.15, -0.1) is 0 Å². The third-order valence-corrected chi connectivity index (χ3v) is 12.7. The first-order chi connectivity index (χ1) is 30.1. The summed E-state index contributed by atoms with van der Waals surface area (Å²) in [5, 5.41) is 11.5. The van der Waals surface area contributed by atoms with Crippen LogP contribution in [-0.2, 0) is 9.05 Å². The van der Waals surface area contributed by atoms with Crippen molar-refractivity contribution in [2.75, 3.05) is 19.8 Å². The second-order valence-corrected chi connectivity index (χ2v) is 19.2. The van der Waals surface area contributed by atoms with Gasteiger partial charge in [-0.25, -0.2) is 0 Å². The summed E-state index contributed by atoms with van der Waals surface area (Å²) in [6.45, 7) is 15.7. The normalized spacial score (nSPS) is 12.7. The molecule has 0 aromatic heterocycles. The maximum atomic E-state index is 11.5. The van der Waals surface area contributed by atoms with Crippen LogP contribution in [0.2, 0.25) is 0 Å². The fraction of sp³-hybridized carbons (Fsp3) is 0.321. The molecule has 5 N–H and O–H groups in total. The van der Waals surface area contributed by atoms with Crippen molar-refractivity contribution in [2.24, 2.45) is 5.41 Å². The van der Waals surface area contributed by atoms with Crippen LogP contribution in [0, 0.1) is 5.41 Å². The second-order valence-electron chi connectivity index (χ2n) is 17.7. The van der Waals surface area contributed by atoms with Crippen LogP contribution >= 0.6 is 17.2 Å². The van der Waals surface area contributed by atoms with E-state index in [1.54, 1.807) is 0 Å². The Bertz CT molecular complexity index is 2360. The van der Waals surface area contributed by atoms with Crippen LogP contribution in [-0.4, -0.2) is 44.5 Å². The van der Waals surface area contributed by atoms with E-state index >= 15 is 0 Å². The summed E-state index contributed by atoms with van der Waals surface area (Å²) in [5.74, 6) is 1.88. The summed E-state index contributed by atoms with van der Waals surface area (Å²) in [4.78, 5) is 40.5. The van der Waals surface area contributed by atoms with Crippen LogP contribution in [0.25, 0.3) is 44.5 Å². The Morgan fingerprint density at radius 3 is 1.13 bits per heavy atom. The van der Waals surface area contributed by atoms with E-state index < -0.39 is 48.5 Å². The van der Waals surface area contributed by atoms with Gasteiger partial charge in [0, 0.05) is 11.1 Å². The highest BCUT2D eigenvalue weighted by Crippen LogP contribution is 2.49. The fourth-order valence-electron chi connectivity index (χ4n) is 7.85. The third-order valence-electron chi connectivity index (χ3n) is 12.0. The molecule has 6 aromatic rings. The number of hydrogen-bond donors (Lipinski definition) is 5. The lowest BCUT2D eigenvalue weighted by atomic mass is 9.77. The highest BCUT2D eigenvalue weighted by molar-refractivity contribution is 7.39. The lowest BCUT2D eigenvalue weighted by Gasteiger charge is -2.40. The van der Waals surface area contributed by atoms with Gasteiger partial charge in [0.25, 0.3) is 0 Å². The molecule has 0 saturated heterocycles. The van der Waals surface area contributed by atoms with E-state index in [-0.39, 0.29) is 0 Å². The van der Waals surface area contributed by atoms with E-state index in [4.69, 9.17) is 13.8 Å². The number of rotatable bonds is 19. The minimum atomic E-state index is -2.88. The van der Waals surface area contributed by atoms with Gasteiger partial charge in [-0.2, -0.15) is 0 Å². The highest BCUT2D eigenvalue weighted by Gasteiger charge is 2.45. The first kappa shape index (κ1) is 48.2. The van der Waals surface area contributed by atoms with Crippen molar-refractivity contribution in [3.8, 4) is 50.3 Å². The molecular formula is C53H62O8P2. The molecule has 0 radical (unpaired) electrons. The van der Waals surface area contributed by atoms with E-state index in [0.717, 1.165) is 44.5 Å². The number of hydrogen-bond acceptors (Lipinski definition) is 8. The van der Waals surface area contributed by atoms with Gasteiger partial charge >= 0.3 is 17.2 Å². The van der Waals surface area contributed by atoms with Crippen LogP contribution in [0.4, 0.5) is 0 Å². The van der Waals surface area contributed by atoms with Crippen LogP contribution in [0.15, 0.2) is 133 Å². The monoisotopic (exact) mass is 888 g/mol. The molecular weight excluding hydrogens is 827 g/mol. The van der Waals surface area contributed by atoms with Gasteiger partial charge in [0.2, 0.25) is 0 Å². The van der Waals surface area contributed by atoms with E-state index in [9.17, 15) is 24.7 Å². The van der Waals surface area contributed by atoms with Gasteiger partial charge in [-0.1, -0.05) is 171 Å². The van der Waals surface area contributed by atoms with Gasteiger partial charge in [-0.05, 0) is 103 Å². The van der Waals surface area contributed by atoms with Gasteiger partial charge in [0.1, 0.15) is 11.9 Å². The van der Waals surface area contributed by atoms with Crippen molar-refractivity contribution in [1.29, 1.82) is 0 Å². The van der Waals surface area contributed by atoms with Gasteiger partial charge < -0.3 is 38.5 Å². The lowest BCUT2D eigenvalue weighted by Crippen LogP contribution is -2.44. The topological polar surface area (TPSA) is 129 Å². The standard InChI is InChI=1S/C53H62O8P2/c1-34(2)38-9-17-42(18-10-38)46-25-27-48(49(29-46)44-21-13-40(14-22-44)36(5)6)52(53(31-54,32-59-62(55)56)33-60-63(57)58)61-51-28-26-47(43-19-11-39(12-20-43)35(3)4)30-50(51)45-23-15-41(16-24-45)37(7)8/h9-30,34-37,52,54-58H,31-33H2,1-8H3. The largest absolute Gasteiger partial charge is 0.484 e. The second kappa shape index (κ2) is 21.6. The molecule has 332 valence electrons. The molecule has 0 heterocycles. The zero-order valence-electron chi connectivity index (χ0n) is 37.6. The highest BCUT2D eigenvalue weighted by atomic mass is 31.2. The van der Waals surface area contributed by atoms with Crippen molar-refractivity contribution in [3.05, 3.63) is 161 Å². The third kappa shape index (κ3) is 11.9. The molecule has 0 aliphatic heterocycles. The zero-order valence-corrected chi connectivity index (χ0v) is 39.4. The first-order valence-corrected chi connectivity index (χ1v) is 24.0. The summed E-state index contributed by atoms with van der Waals surface area (Å²) in [5.41, 5.74) is 11.3. The first-order valence-electron chi connectivity index (χ1n) is 21.7. The zero-order chi connectivity index (χ0) is 45.4. The molecule has 8 nitrogen and oxygen atoms in total. The van der Waals surface area contributed by atoms with Crippen LogP contribution in [0.1, 0.15) is 113 Å². The lowest BCUT2D eigenvalue weighted by molar-refractivity contribution is -0.0649. The maximum absolute atomic E-state index is 11.5. The molecule has 6 aromatic carbocycles. The fourth-order valence-corrected chi connectivity index (χ4v) is 8.60. The number of ether oxygens (including phenoxy) is 1. The summed E-state index contributed by atoms with van der Waals surface area (Å²) >= 11 is 0. The van der Waals surface area contributed by atoms with Gasteiger partial charge in [0.05, 0.1) is 25.2 Å². The van der Waals surface area contributed by atoms with Gasteiger partial charge in [-0.3, -0.25) is 0 Å². The molecule has 0 bridgehead atoms. The van der Waals surface area contributed by atoms with Crippen LogP contribution in [0.3, 0.4) is 0 Å². The smallest absolute Gasteiger partial charge is 0.327 e. The Hall–Kier alpha value is -4.30. The van der Waals surface area contributed by atoms with E-state index in [1.807, 2.05) is 24.3 Å². The Labute approximate surface area is 376 Å². The SMILES string of the molecule is CC(C)c1ccc(-c2ccc(OC(c3ccc(-c4ccc(C(C)C)cc4)cc3-c3ccc(C(C)C)cc3)C(CO)(COP(O)O)COP(O)O)c(-c3ccc(C(C)C)cc3)c2)cc1. The van der Waals surface area contributed by atoms with E-state index in [2.05, 4.69) is 165 Å². The van der Waals surface area contributed by atoms with Crippen LogP contribution in [0.5, 0.6) is 5.75 Å². The summed E-state index contributed by atoms with van der Waals surface area (Å²) in [6, 6.07) is 46.0. The summed E-state index contributed by atoms with van der Waals surface area (Å²) < 4.78 is 18.4. The Morgan fingerprint density at radius 1 is 0.429 bits per heavy atom. The van der Waals surface area contributed by atoms with E-state index in [0.29, 0.717) is 35.0 Å². The Balaban J connectivity index is 1.61. The number of aliphatic hydroxyl groups excluding tert-OH is 1. The Morgan fingerprint density at radius 2 is 0.762 bits per heavy atom. The van der Waals surface area contributed by atoms with Gasteiger partial charge in [0.15, 0.2) is 0 Å². The molecule has 0 saturated carbocycles. The molecule has 1 unspecified atom stereocenters.